The van der Waals surface area contributed by atoms with Gasteiger partial charge in [0.25, 0.3) is 5.91 Å². The molecule has 0 atom stereocenters. The summed E-state index contributed by atoms with van der Waals surface area (Å²) >= 11 is 9.28. The first-order chi connectivity index (χ1) is 10.3. The topological polar surface area (TPSA) is 73.2 Å². The van der Waals surface area contributed by atoms with E-state index < -0.39 is 5.97 Å². The Balaban J connectivity index is 2.32. The maximum Gasteiger partial charge on any atom is 0.337 e. The lowest BCUT2D eigenvalue weighted by Crippen LogP contribution is -2.14. The van der Waals surface area contributed by atoms with Gasteiger partial charge in [0.15, 0.2) is 0 Å². The lowest BCUT2D eigenvalue weighted by molar-refractivity contribution is 0.0600. The molecule has 2 aromatic rings. The SMILES string of the molecule is COC(=O)c1cc(Cl)cc(NC(=O)c2c(C)nn(C)c2Br)c1. The summed E-state index contributed by atoms with van der Waals surface area (Å²) in [5.41, 5.74) is 1.66. The maximum atomic E-state index is 12.4. The van der Waals surface area contributed by atoms with Crippen LogP contribution in [0.2, 0.25) is 5.02 Å². The summed E-state index contributed by atoms with van der Waals surface area (Å²) in [5, 5.41) is 7.18. The van der Waals surface area contributed by atoms with Crippen molar-refractivity contribution in [3.8, 4) is 0 Å². The predicted octanol–water partition coefficient (Wildman–Crippen LogP) is 3.18. The van der Waals surface area contributed by atoms with Crippen LogP contribution in [-0.2, 0) is 11.8 Å². The third-order valence-electron chi connectivity index (χ3n) is 2.96. The average Bonchev–Trinajstić information content (AvgIpc) is 2.70. The van der Waals surface area contributed by atoms with Crippen LogP contribution >= 0.6 is 27.5 Å². The highest BCUT2D eigenvalue weighted by Crippen LogP contribution is 2.23. The Bertz CT molecular complexity index is 758. The van der Waals surface area contributed by atoms with Gasteiger partial charge in [0.2, 0.25) is 0 Å². The quantitative estimate of drug-likeness (QED) is 0.822. The second kappa shape index (κ2) is 6.50. The molecule has 0 spiro atoms. The number of nitrogens with one attached hydrogen (secondary N) is 1. The molecule has 0 saturated carbocycles. The number of aryl methyl sites for hydroxylation is 2. The number of carbonyl (C=O) groups is 2. The minimum Gasteiger partial charge on any atom is -0.465 e. The average molecular weight is 387 g/mol. The number of anilines is 1. The number of esters is 1. The summed E-state index contributed by atoms with van der Waals surface area (Å²) in [4.78, 5) is 23.9. The van der Waals surface area contributed by atoms with Crippen molar-refractivity contribution < 1.29 is 14.3 Å². The number of hydrogen-bond acceptors (Lipinski definition) is 4. The van der Waals surface area contributed by atoms with Gasteiger partial charge in [0, 0.05) is 17.8 Å². The first kappa shape index (κ1) is 16.5. The highest BCUT2D eigenvalue weighted by atomic mass is 79.9. The summed E-state index contributed by atoms with van der Waals surface area (Å²) in [6.45, 7) is 1.73. The van der Waals surface area contributed by atoms with Gasteiger partial charge >= 0.3 is 5.97 Å². The van der Waals surface area contributed by atoms with Gasteiger partial charge in [0.05, 0.1) is 23.9 Å². The molecule has 8 heteroatoms. The number of methoxy groups -OCH3 is 1. The molecule has 0 bridgehead atoms. The van der Waals surface area contributed by atoms with E-state index in [1.54, 1.807) is 24.7 Å². The van der Waals surface area contributed by atoms with Gasteiger partial charge in [-0.15, -0.1) is 0 Å². The van der Waals surface area contributed by atoms with Crippen molar-refractivity contribution in [2.24, 2.45) is 7.05 Å². The first-order valence-electron chi connectivity index (χ1n) is 6.23. The van der Waals surface area contributed by atoms with E-state index in [1.807, 2.05) is 0 Å². The highest BCUT2D eigenvalue weighted by Gasteiger charge is 2.19. The van der Waals surface area contributed by atoms with Crippen LogP contribution in [0.25, 0.3) is 0 Å². The first-order valence-corrected chi connectivity index (χ1v) is 7.40. The molecule has 0 fully saturated rings. The second-order valence-electron chi connectivity index (χ2n) is 4.55. The van der Waals surface area contributed by atoms with Crippen LogP contribution in [0.1, 0.15) is 26.4 Å². The summed E-state index contributed by atoms with van der Waals surface area (Å²) in [7, 11) is 3.00. The van der Waals surface area contributed by atoms with Crippen molar-refractivity contribution in [1.82, 2.24) is 9.78 Å². The van der Waals surface area contributed by atoms with Gasteiger partial charge < -0.3 is 10.1 Å². The third kappa shape index (κ3) is 3.31. The van der Waals surface area contributed by atoms with Gasteiger partial charge in [0.1, 0.15) is 4.60 Å². The fraction of sp³-hybridized carbons (Fsp3) is 0.214. The predicted molar refractivity (Wildman–Crippen MR) is 86.4 cm³/mol. The van der Waals surface area contributed by atoms with E-state index in [9.17, 15) is 9.59 Å². The molecule has 6 nitrogen and oxygen atoms in total. The number of hydrogen-bond donors (Lipinski definition) is 1. The minimum atomic E-state index is -0.531. The third-order valence-corrected chi connectivity index (χ3v) is 4.08. The zero-order valence-electron chi connectivity index (χ0n) is 12.1. The van der Waals surface area contributed by atoms with Crippen molar-refractivity contribution in [3.63, 3.8) is 0 Å². The number of aromatic nitrogens is 2. The van der Waals surface area contributed by atoms with Crippen molar-refractivity contribution in [1.29, 1.82) is 0 Å². The van der Waals surface area contributed by atoms with Crippen LogP contribution in [-0.4, -0.2) is 28.8 Å². The number of nitrogens with zero attached hydrogens (tertiary/aromatic N) is 2. The van der Waals surface area contributed by atoms with Crippen LogP contribution in [0, 0.1) is 6.92 Å². The lowest BCUT2D eigenvalue weighted by atomic mass is 10.2. The molecule has 0 aliphatic rings. The largest absolute Gasteiger partial charge is 0.465 e. The van der Waals surface area contributed by atoms with Gasteiger partial charge in [-0.2, -0.15) is 5.10 Å². The van der Waals surface area contributed by atoms with Crippen molar-refractivity contribution in [2.45, 2.75) is 6.92 Å². The molecular weight excluding hydrogens is 374 g/mol. The molecule has 116 valence electrons. The van der Waals surface area contributed by atoms with Gasteiger partial charge in [-0.25, -0.2) is 4.79 Å². The molecule has 22 heavy (non-hydrogen) atoms. The number of carbonyl (C=O) groups excluding carboxylic acids is 2. The van der Waals surface area contributed by atoms with E-state index in [4.69, 9.17) is 11.6 Å². The summed E-state index contributed by atoms with van der Waals surface area (Å²) in [6.07, 6.45) is 0. The molecule has 1 heterocycles. The Morgan fingerprint density at radius 1 is 1.36 bits per heavy atom. The van der Waals surface area contributed by atoms with Crippen molar-refractivity contribution in [3.05, 3.63) is 44.6 Å². The van der Waals surface area contributed by atoms with Gasteiger partial charge in [-0.05, 0) is 41.1 Å². The number of amides is 1. The van der Waals surface area contributed by atoms with E-state index in [1.165, 1.54) is 19.2 Å². The molecule has 1 aromatic heterocycles. The van der Waals surface area contributed by atoms with Crippen molar-refractivity contribution >= 4 is 45.1 Å². The minimum absolute atomic E-state index is 0.257. The van der Waals surface area contributed by atoms with E-state index >= 15 is 0 Å². The Kier molecular flexibility index (Phi) is 4.87. The van der Waals surface area contributed by atoms with E-state index in [-0.39, 0.29) is 11.5 Å². The second-order valence-corrected chi connectivity index (χ2v) is 5.74. The van der Waals surface area contributed by atoms with Crippen LogP contribution in [0.5, 0.6) is 0 Å². The number of halogens is 2. The van der Waals surface area contributed by atoms with Crippen LogP contribution < -0.4 is 5.32 Å². The summed E-state index contributed by atoms with van der Waals surface area (Å²) < 4.78 is 6.77. The number of benzene rings is 1. The normalized spacial score (nSPS) is 10.4. The molecule has 0 aliphatic carbocycles. The standard InChI is InChI=1S/C14H13BrClN3O3/c1-7-11(12(15)19(2)18-7)13(20)17-10-5-8(14(21)22-3)4-9(16)6-10/h4-6H,1-3H3,(H,17,20). The van der Waals surface area contributed by atoms with Gasteiger partial charge in [-0.1, -0.05) is 11.6 Å². The number of rotatable bonds is 3. The van der Waals surface area contributed by atoms with Crippen molar-refractivity contribution in [2.75, 3.05) is 12.4 Å². The molecule has 0 aliphatic heterocycles. The van der Waals surface area contributed by atoms with Crippen LogP contribution in [0.15, 0.2) is 22.8 Å². The molecule has 0 unspecified atom stereocenters. The monoisotopic (exact) mass is 385 g/mol. The Hall–Kier alpha value is -1.86. The molecule has 0 saturated heterocycles. The zero-order valence-corrected chi connectivity index (χ0v) is 14.4. The summed E-state index contributed by atoms with van der Waals surface area (Å²) in [6, 6.07) is 4.51. The fourth-order valence-electron chi connectivity index (χ4n) is 1.98. The Morgan fingerprint density at radius 2 is 2.05 bits per heavy atom. The van der Waals surface area contributed by atoms with E-state index in [2.05, 4.69) is 31.1 Å². The molecule has 1 N–H and O–H groups in total. The Labute approximate surface area is 140 Å². The molecule has 0 radical (unpaired) electrons. The molecular formula is C14H13BrClN3O3. The van der Waals surface area contributed by atoms with Crippen LogP contribution in [0.3, 0.4) is 0 Å². The molecule has 1 amide bonds. The van der Waals surface area contributed by atoms with E-state index in [0.717, 1.165) is 0 Å². The highest BCUT2D eigenvalue weighted by molar-refractivity contribution is 9.10. The molecule has 2 rings (SSSR count). The smallest absolute Gasteiger partial charge is 0.337 e. The van der Waals surface area contributed by atoms with Crippen LogP contribution in [0.4, 0.5) is 5.69 Å². The van der Waals surface area contributed by atoms with E-state index in [0.29, 0.717) is 26.6 Å². The fourth-order valence-corrected chi connectivity index (χ4v) is 2.76. The molecule has 1 aromatic carbocycles. The lowest BCUT2D eigenvalue weighted by Gasteiger charge is -2.08. The number of ether oxygens (including phenoxy) is 1. The Morgan fingerprint density at radius 3 is 2.59 bits per heavy atom. The van der Waals surface area contributed by atoms with Gasteiger partial charge in [-0.3, -0.25) is 9.48 Å². The maximum absolute atomic E-state index is 12.4. The zero-order chi connectivity index (χ0) is 16.4. The summed E-state index contributed by atoms with van der Waals surface area (Å²) in [5.74, 6) is -0.882.